The minimum atomic E-state index is -0.339. The summed E-state index contributed by atoms with van der Waals surface area (Å²) in [6.07, 6.45) is 0.855. The summed E-state index contributed by atoms with van der Waals surface area (Å²) in [5, 5.41) is 7.39. The lowest BCUT2D eigenvalue weighted by molar-refractivity contribution is 0.596. The molecule has 0 aliphatic rings. The highest BCUT2D eigenvalue weighted by Gasteiger charge is 2.34. The molecule has 0 fully saturated rings. The van der Waals surface area contributed by atoms with E-state index in [1.807, 2.05) is 0 Å². The summed E-state index contributed by atoms with van der Waals surface area (Å²) in [7, 11) is 0. The lowest BCUT2D eigenvalue weighted by Gasteiger charge is -2.37. The standard InChI is InChI=1S/C80H78N4/c1-51(2)46-60-47-69-72(81(61-30-14-52(3)15-31-61)62-32-16-53(4)17-33-62)50-75(84(67-42-26-58(9)27-43-67)68-44-28-59(10)29-45-68)79-71(80(11,12)13)48-70-73(82(63-34-18-54(5)19-35-63)64-36-20-55(6)21-37-64)49-74(76(60)77(70)78(69)79)83(65-38-22-56(7)23-39-65)66-40-24-57(8)25-41-66/h14-45,47-51H,46H2,1-13H3. The topological polar surface area (TPSA) is 13.0 Å². The van der Waals surface area contributed by atoms with E-state index in [2.05, 4.69) is 328 Å². The van der Waals surface area contributed by atoms with Crippen LogP contribution in [0.15, 0.2) is 218 Å². The molecular formula is C80H78N4. The molecule has 84 heavy (non-hydrogen) atoms. The van der Waals surface area contributed by atoms with Crippen molar-refractivity contribution < 1.29 is 0 Å². The minimum absolute atomic E-state index is 0.333. The predicted octanol–water partition coefficient (Wildman–Crippen LogP) is 23.4. The van der Waals surface area contributed by atoms with Crippen LogP contribution < -0.4 is 19.6 Å². The Hall–Kier alpha value is -9.12. The second-order valence-corrected chi connectivity index (χ2v) is 25.3. The van der Waals surface area contributed by atoms with Crippen LogP contribution in [0.4, 0.5) is 68.2 Å². The van der Waals surface area contributed by atoms with Gasteiger partial charge in [-0.3, -0.25) is 0 Å². The SMILES string of the molecule is Cc1ccc(N(c2ccc(C)cc2)c2cc(N(c3ccc(C)cc3)c3ccc(C)cc3)c3c(CC(C)C)cc4c(N(c5ccc(C)cc5)c5ccc(C)cc5)cc(N(c5ccc(C)cc5)c5ccc(C)cc5)c5c(C(C)(C)C)cc2c3c45)cc1. The Morgan fingerprint density at radius 1 is 0.274 bits per heavy atom. The molecule has 418 valence electrons. The maximum Gasteiger partial charge on any atom is 0.0564 e. The summed E-state index contributed by atoms with van der Waals surface area (Å²) < 4.78 is 0. The molecule has 12 rings (SSSR count). The van der Waals surface area contributed by atoms with Gasteiger partial charge in [0.2, 0.25) is 0 Å². The second kappa shape index (κ2) is 22.2. The van der Waals surface area contributed by atoms with E-state index in [-0.39, 0.29) is 5.41 Å². The first-order valence-corrected chi connectivity index (χ1v) is 30.0. The van der Waals surface area contributed by atoms with Gasteiger partial charge in [-0.15, -0.1) is 0 Å². The summed E-state index contributed by atoms with van der Waals surface area (Å²) in [5.74, 6) is 0.333. The highest BCUT2D eigenvalue weighted by atomic mass is 15.2. The van der Waals surface area contributed by atoms with Crippen molar-refractivity contribution in [2.75, 3.05) is 19.6 Å². The van der Waals surface area contributed by atoms with Crippen LogP contribution in [-0.2, 0) is 11.8 Å². The maximum absolute atomic E-state index is 2.61. The van der Waals surface area contributed by atoms with Gasteiger partial charge in [-0.2, -0.15) is 0 Å². The average molecular weight is 1100 g/mol. The van der Waals surface area contributed by atoms with Crippen molar-refractivity contribution in [1.29, 1.82) is 0 Å². The second-order valence-electron chi connectivity index (χ2n) is 25.3. The zero-order valence-corrected chi connectivity index (χ0v) is 51.4. The third-order valence-electron chi connectivity index (χ3n) is 16.8. The molecule has 0 heterocycles. The Labute approximate surface area is 499 Å². The minimum Gasteiger partial charge on any atom is -0.310 e. The van der Waals surface area contributed by atoms with Crippen LogP contribution in [-0.4, -0.2) is 0 Å². The summed E-state index contributed by atoms with van der Waals surface area (Å²) in [6, 6.07) is 83.3. The van der Waals surface area contributed by atoms with Gasteiger partial charge in [0.25, 0.3) is 0 Å². The van der Waals surface area contributed by atoms with Gasteiger partial charge in [-0.1, -0.05) is 176 Å². The smallest absolute Gasteiger partial charge is 0.0564 e. The van der Waals surface area contributed by atoms with Crippen LogP contribution >= 0.6 is 0 Å². The van der Waals surface area contributed by atoms with E-state index >= 15 is 0 Å². The third-order valence-corrected chi connectivity index (χ3v) is 16.8. The van der Waals surface area contributed by atoms with Gasteiger partial charge in [-0.25, -0.2) is 0 Å². The van der Waals surface area contributed by atoms with Crippen LogP contribution in [0.25, 0.3) is 32.3 Å². The number of anilines is 12. The molecule has 12 aromatic rings. The lowest BCUT2D eigenvalue weighted by Crippen LogP contribution is -2.19. The van der Waals surface area contributed by atoms with Gasteiger partial charge in [0.15, 0.2) is 0 Å². The van der Waals surface area contributed by atoms with Crippen LogP contribution in [0.5, 0.6) is 0 Å². The van der Waals surface area contributed by atoms with Gasteiger partial charge in [0.1, 0.15) is 0 Å². The summed E-state index contributed by atoms with van der Waals surface area (Å²) in [4.78, 5) is 10.1. The quantitative estimate of drug-likeness (QED) is 0.101. The third kappa shape index (κ3) is 10.6. The number of hydrogen-bond donors (Lipinski definition) is 0. The molecule has 0 atom stereocenters. The van der Waals surface area contributed by atoms with Crippen LogP contribution in [0.2, 0.25) is 0 Å². The van der Waals surface area contributed by atoms with Gasteiger partial charge in [0.05, 0.1) is 22.7 Å². The molecule has 0 unspecified atom stereocenters. The van der Waals surface area contributed by atoms with Gasteiger partial charge in [0, 0.05) is 77.8 Å². The number of rotatable bonds is 14. The molecule has 0 spiro atoms. The first-order valence-electron chi connectivity index (χ1n) is 30.0. The predicted molar refractivity (Wildman–Crippen MR) is 364 cm³/mol. The molecule has 0 aliphatic carbocycles. The van der Waals surface area contributed by atoms with Gasteiger partial charge >= 0.3 is 0 Å². The van der Waals surface area contributed by atoms with Crippen molar-refractivity contribution >= 4 is 101 Å². The molecule has 0 amide bonds. The van der Waals surface area contributed by atoms with E-state index in [9.17, 15) is 0 Å². The van der Waals surface area contributed by atoms with E-state index in [0.717, 1.165) is 74.7 Å². The summed E-state index contributed by atoms with van der Waals surface area (Å²) in [5.41, 5.74) is 25.3. The molecule has 4 heteroatoms. The van der Waals surface area contributed by atoms with E-state index in [4.69, 9.17) is 0 Å². The van der Waals surface area contributed by atoms with Crippen molar-refractivity contribution in [3.8, 4) is 0 Å². The summed E-state index contributed by atoms with van der Waals surface area (Å²) in [6.45, 7) is 29.5. The Kier molecular flexibility index (Phi) is 14.7. The molecule has 0 aliphatic heterocycles. The highest BCUT2D eigenvalue weighted by molar-refractivity contribution is 6.34. The lowest BCUT2D eigenvalue weighted by atomic mass is 9.77. The molecule has 0 N–H and O–H groups in total. The first-order chi connectivity index (χ1) is 40.4. The van der Waals surface area contributed by atoms with Crippen LogP contribution in [0.3, 0.4) is 0 Å². The van der Waals surface area contributed by atoms with Crippen molar-refractivity contribution in [2.45, 2.75) is 102 Å². The Morgan fingerprint density at radius 2 is 0.500 bits per heavy atom. The number of nitrogens with zero attached hydrogens (tertiary/aromatic N) is 4. The number of aryl methyl sites for hydroxylation is 8. The van der Waals surface area contributed by atoms with Crippen molar-refractivity contribution in [3.05, 3.63) is 274 Å². The fourth-order valence-electron chi connectivity index (χ4n) is 12.4. The normalized spacial score (nSPS) is 11.8. The Morgan fingerprint density at radius 3 is 0.750 bits per heavy atom. The fraction of sp³-hybridized carbons (Fsp3) is 0.200. The van der Waals surface area contributed by atoms with Crippen molar-refractivity contribution in [2.24, 2.45) is 5.92 Å². The van der Waals surface area contributed by atoms with Crippen molar-refractivity contribution in [1.82, 2.24) is 0 Å². The van der Waals surface area contributed by atoms with Gasteiger partial charge < -0.3 is 19.6 Å². The molecule has 0 radical (unpaired) electrons. The van der Waals surface area contributed by atoms with Crippen molar-refractivity contribution in [3.63, 3.8) is 0 Å². The largest absolute Gasteiger partial charge is 0.310 e. The van der Waals surface area contributed by atoms with E-state index < -0.39 is 0 Å². The van der Waals surface area contributed by atoms with Crippen LogP contribution in [0, 0.1) is 61.3 Å². The molecule has 0 bridgehead atoms. The summed E-state index contributed by atoms with van der Waals surface area (Å²) >= 11 is 0. The molecule has 4 nitrogen and oxygen atoms in total. The number of hydrogen-bond acceptors (Lipinski definition) is 4. The molecule has 0 saturated carbocycles. The number of benzene rings is 12. The monoisotopic (exact) mass is 1090 g/mol. The van der Waals surface area contributed by atoms with E-state index in [1.165, 1.54) is 88.0 Å². The first kappa shape index (κ1) is 55.4. The average Bonchev–Trinajstić information content (AvgIpc) is 0.731. The fourth-order valence-corrected chi connectivity index (χ4v) is 12.4. The Balaban J connectivity index is 1.39. The van der Waals surface area contributed by atoms with Gasteiger partial charge in [-0.05, 0) is 206 Å². The molecule has 0 aromatic heterocycles. The zero-order valence-electron chi connectivity index (χ0n) is 51.4. The molecule has 12 aromatic carbocycles. The van der Waals surface area contributed by atoms with Crippen LogP contribution in [0.1, 0.15) is 90.3 Å². The van der Waals surface area contributed by atoms with E-state index in [1.54, 1.807) is 0 Å². The van der Waals surface area contributed by atoms with E-state index in [0.29, 0.717) is 5.92 Å². The molecular weight excluding hydrogens is 1020 g/mol. The zero-order chi connectivity index (χ0) is 58.7. The Bertz CT molecular complexity index is 4120. The maximum atomic E-state index is 2.61. The molecule has 0 saturated heterocycles. The highest BCUT2D eigenvalue weighted by Crippen LogP contribution is 2.58.